The van der Waals surface area contributed by atoms with Crippen LogP contribution in [0.25, 0.3) is 28.3 Å². The fourth-order valence-electron chi connectivity index (χ4n) is 3.41. The maximum absolute atomic E-state index is 13.1. The van der Waals surface area contributed by atoms with Gasteiger partial charge in [-0.15, -0.1) is 10.2 Å². The molecule has 10 heteroatoms. The zero-order chi connectivity index (χ0) is 23.7. The van der Waals surface area contributed by atoms with Crippen molar-refractivity contribution in [1.29, 1.82) is 0 Å². The molecule has 0 amide bonds. The van der Waals surface area contributed by atoms with E-state index in [0.717, 1.165) is 16.8 Å². The smallest absolute Gasteiger partial charge is 0.200 e. The lowest BCUT2D eigenvalue weighted by Gasteiger charge is -2.10. The van der Waals surface area contributed by atoms with Crippen molar-refractivity contribution in [3.63, 3.8) is 0 Å². The number of nitrogens with zero attached hydrogens (tertiary/aromatic N) is 5. The highest BCUT2D eigenvalue weighted by molar-refractivity contribution is 9.10. The van der Waals surface area contributed by atoms with Gasteiger partial charge in [-0.2, -0.15) is 27.9 Å². The van der Waals surface area contributed by atoms with E-state index in [9.17, 15) is 8.42 Å². The molecule has 0 unspecified atom stereocenters. The molecule has 2 heterocycles. The summed E-state index contributed by atoms with van der Waals surface area (Å²) in [6.45, 7) is 2.00. The molecule has 0 spiro atoms. The Bertz CT molecular complexity index is 1550. The van der Waals surface area contributed by atoms with Crippen LogP contribution in [0.1, 0.15) is 5.56 Å². The van der Waals surface area contributed by atoms with Gasteiger partial charge in [0.25, 0.3) is 10.0 Å². The highest BCUT2D eigenvalue weighted by Crippen LogP contribution is 2.36. The first kappa shape index (κ1) is 22.1. The van der Waals surface area contributed by atoms with E-state index in [0.29, 0.717) is 21.6 Å². The van der Waals surface area contributed by atoms with Crippen LogP contribution in [0.15, 0.2) is 100 Å². The summed E-state index contributed by atoms with van der Waals surface area (Å²) in [4.78, 5) is 5.39. The molecule has 2 aromatic heterocycles. The Morgan fingerprint density at radius 1 is 0.853 bits per heavy atom. The topological polar surface area (TPSA) is 94.7 Å². The Kier molecular flexibility index (Phi) is 5.76. The van der Waals surface area contributed by atoms with E-state index in [-0.39, 0.29) is 4.90 Å². The summed E-state index contributed by atoms with van der Waals surface area (Å²) in [5, 5.41) is 13.5. The number of nitrogens with one attached hydrogen (secondary N) is 1. The van der Waals surface area contributed by atoms with Gasteiger partial charge in [0.1, 0.15) is 17.1 Å². The number of aromatic nitrogens is 5. The van der Waals surface area contributed by atoms with Gasteiger partial charge in [0, 0.05) is 5.56 Å². The predicted molar refractivity (Wildman–Crippen MR) is 133 cm³/mol. The Morgan fingerprint density at radius 2 is 1.50 bits per heavy atom. The number of sulfonamides is 1. The quantitative estimate of drug-likeness (QED) is 0.337. The van der Waals surface area contributed by atoms with Crippen molar-refractivity contribution in [3.8, 4) is 28.3 Å². The summed E-state index contributed by atoms with van der Waals surface area (Å²) in [5.41, 5.74) is 4.15. The van der Waals surface area contributed by atoms with Gasteiger partial charge in [-0.05, 0) is 47.1 Å². The third-order valence-electron chi connectivity index (χ3n) is 5.13. The highest BCUT2D eigenvalue weighted by atomic mass is 79.9. The van der Waals surface area contributed by atoms with Gasteiger partial charge in [-0.25, -0.2) is 0 Å². The average molecular weight is 535 g/mol. The number of hydrogen-bond acceptors (Lipinski definition) is 5. The molecule has 0 fully saturated rings. The van der Waals surface area contributed by atoms with Crippen molar-refractivity contribution < 1.29 is 8.42 Å². The van der Waals surface area contributed by atoms with Gasteiger partial charge < -0.3 is 0 Å². The maximum Gasteiger partial charge on any atom is 0.276 e. The van der Waals surface area contributed by atoms with E-state index in [1.807, 2.05) is 61.5 Å². The van der Waals surface area contributed by atoms with Crippen LogP contribution in [0.2, 0.25) is 0 Å². The van der Waals surface area contributed by atoms with Crippen molar-refractivity contribution >= 4 is 26.0 Å². The van der Waals surface area contributed by atoms with Crippen LogP contribution >= 0.6 is 15.9 Å². The molecule has 5 rings (SSSR count). The summed E-state index contributed by atoms with van der Waals surface area (Å²) < 4.78 is 26.8. The second-order valence-corrected chi connectivity index (χ2v) is 10.0. The van der Waals surface area contributed by atoms with Gasteiger partial charge in [-0.1, -0.05) is 66.2 Å². The fraction of sp³-hybridized carbons (Fsp3) is 0.0417. The lowest BCUT2D eigenvalue weighted by molar-refractivity contribution is 0.592. The van der Waals surface area contributed by atoms with Crippen molar-refractivity contribution in [1.82, 2.24) is 24.9 Å². The molecule has 3 aromatic carbocycles. The van der Waals surface area contributed by atoms with E-state index in [1.165, 1.54) is 21.7 Å². The van der Waals surface area contributed by atoms with Gasteiger partial charge in [0.05, 0.1) is 21.3 Å². The summed E-state index contributed by atoms with van der Waals surface area (Å²) in [7, 11) is -3.91. The van der Waals surface area contributed by atoms with Crippen molar-refractivity contribution in [3.05, 3.63) is 101 Å². The SMILES string of the molecule is Cc1ccc(-c2nn(NS(=O)(=O)c3ccccc3)c(-c3cnn(-c4ccccc4)n3)c2Br)cc1. The van der Waals surface area contributed by atoms with Crippen molar-refractivity contribution in [2.45, 2.75) is 11.8 Å². The van der Waals surface area contributed by atoms with Gasteiger partial charge in [-0.3, -0.25) is 0 Å². The Hall–Kier alpha value is -3.76. The Labute approximate surface area is 205 Å². The van der Waals surface area contributed by atoms with Crippen LogP contribution in [0.4, 0.5) is 0 Å². The van der Waals surface area contributed by atoms with Gasteiger partial charge in [0.2, 0.25) is 0 Å². The average Bonchev–Trinajstić information content (AvgIpc) is 3.45. The fourth-order valence-corrected chi connectivity index (χ4v) is 5.07. The number of halogens is 1. The number of aryl methyl sites for hydroxylation is 1. The van der Waals surface area contributed by atoms with Crippen LogP contribution in [0.3, 0.4) is 0 Å². The van der Waals surface area contributed by atoms with Crippen LogP contribution in [0, 0.1) is 6.92 Å². The van der Waals surface area contributed by atoms with Crippen molar-refractivity contribution in [2.75, 3.05) is 4.83 Å². The molecule has 170 valence electrons. The van der Waals surface area contributed by atoms with Crippen LogP contribution in [0.5, 0.6) is 0 Å². The van der Waals surface area contributed by atoms with Gasteiger partial charge in [0.15, 0.2) is 0 Å². The molecule has 0 radical (unpaired) electrons. The largest absolute Gasteiger partial charge is 0.276 e. The Morgan fingerprint density at radius 3 is 2.18 bits per heavy atom. The molecular weight excluding hydrogens is 516 g/mol. The molecule has 0 saturated heterocycles. The zero-order valence-electron chi connectivity index (χ0n) is 18.0. The standard InChI is InChI=1S/C24H19BrN6O2S/c1-17-12-14-18(15-13-17)23-22(25)24(21-16-26-30(27-21)19-8-4-2-5-9-19)31(28-23)29-34(32,33)20-10-6-3-7-11-20/h2-16,29H,1H3. The second-order valence-electron chi connectivity index (χ2n) is 7.55. The van der Waals surface area contributed by atoms with E-state index in [4.69, 9.17) is 0 Å². The first-order valence-electron chi connectivity index (χ1n) is 10.3. The summed E-state index contributed by atoms with van der Waals surface area (Å²) >= 11 is 3.63. The third kappa shape index (κ3) is 4.25. The molecule has 0 bridgehead atoms. The zero-order valence-corrected chi connectivity index (χ0v) is 20.4. The monoisotopic (exact) mass is 534 g/mol. The van der Waals surface area contributed by atoms with Crippen LogP contribution in [-0.4, -0.2) is 33.3 Å². The maximum atomic E-state index is 13.1. The summed E-state index contributed by atoms with van der Waals surface area (Å²) in [5.74, 6) is 0. The molecule has 0 aliphatic carbocycles. The molecule has 0 saturated carbocycles. The molecule has 0 aliphatic rings. The van der Waals surface area contributed by atoms with Crippen LogP contribution in [-0.2, 0) is 10.0 Å². The minimum absolute atomic E-state index is 0.123. The molecule has 5 aromatic rings. The second kappa shape index (κ2) is 8.88. The molecular formula is C24H19BrN6O2S. The summed E-state index contributed by atoms with van der Waals surface area (Å²) in [6.07, 6.45) is 1.57. The number of hydrogen-bond donors (Lipinski definition) is 1. The van der Waals surface area contributed by atoms with Gasteiger partial charge >= 0.3 is 0 Å². The first-order valence-corrected chi connectivity index (χ1v) is 12.6. The van der Waals surface area contributed by atoms with E-state index < -0.39 is 10.0 Å². The lowest BCUT2D eigenvalue weighted by Crippen LogP contribution is -2.25. The minimum Gasteiger partial charge on any atom is -0.200 e. The number of rotatable bonds is 6. The molecule has 34 heavy (non-hydrogen) atoms. The third-order valence-corrected chi connectivity index (χ3v) is 7.19. The molecule has 0 atom stereocenters. The number of benzene rings is 3. The molecule has 0 aliphatic heterocycles. The number of para-hydroxylation sites is 1. The highest BCUT2D eigenvalue weighted by Gasteiger charge is 2.25. The van der Waals surface area contributed by atoms with Crippen molar-refractivity contribution in [2.24, 2.45) is 0 Å². The van der Waals surface area contributed by atoms with E-state index in [2.05, 4.69) is 36.1 Å². The molecule has 1 N–H and O–H groups in total. The lowest BCUT2D eigenvalue weighted by atomic mass is 10.1. The first-order chi connectivity index (χ1) is 16.4. The normalized spacial score (nSPS) is 11.5. The Balaban J connectivity index is 1.64. The van der Waals surface area contributed by atoms with Crippen LogP contribution < -0.4 is 4.83 Å². The van der Waals surface area contributed by atoms with E-state index >= 15 is 0 Å². The summed E-state index contributed by atoms with van der Waals surface area (Å²) in [6, 6.07) is 25.4. The van der Waals surface area contributed by atoms with E-state index in [1.54, 1.807) is 24.4 Å². The minimum atomic E-state index is -3.91. The predicted octanol–water partition coefficient (Wildman–Crippen LogP) is 4.80. The molecule has 8 nitrogen and oxygen atoms in total.